The second-order valence-electron chi connectivity index (χ2n) is 5.60. The van der Waals surface area contributed by atoms with E-state index in [-0.39, 0.29) is 13.2 Å². The van der Waals surface area contributed by atoms with Crippen molar-refractivity contribution in [3.05, 3.63) is 53.6 Å². The van der Waals surface area contributed by atoms with Crippen LogP contribution in [0.4, 0.5) is 5.95 Å². The van der Waals surface area contributed by atoms with Gasteiger partial charge in [-0.05, 0) is 36.4 Å². The second kappa shape index (κ2) is 8.20. The monoisotopic (exact) mass is 361 g/mol. The predicted molar refractivity (Wildman–Crippen MR) is 98.3 cm³/mol. The zero-order valence-corrected chi connectivity index (χ0v) is 14.4. The van der Waals surface area contributed by atoms with Crippen molar-refractivity contribution in [3.63, 3.8) is 0 Å². The summed E-state index contributed by atoms with van der Waals surface area (Å²) in [5, 5.41) is 23.1. The molecule has 7 heteroatoms. The number of benzene rings is 2. The Morgan fingerprint density at radius 1 is 1.16 bits per heavy atom. The number of imidazole rings is 1. The fraction of sp³-hybridized carbons (Fsp3) is 0.278. The van der Waals surface area contributed by atoms with Crippen molar-refractivity contribution in [2.24, 2.45) is 0 Å². The third-order valence-electron chi connectivity index (χ3n) is 3.70. The fourth-order valence-electron chi connectivity index (χ4n) is 2.55. The van der Waals surface area contributed by atoms with E-state index in [1.165, 1.54) is 0 Å². The van der Waals surface area contributed by atoms with Gasteiger partial charge in [-0.25, -0.2) is 4.98 Å². The molecular formula is C18H20ClN3O3. The summed E-state index contributed by atoms with van der Waals surface area (Å²) in [5.41, 5.74) is 1.74. The molecule has 6 nitrogen and oxygen atoms in total. The maximum atomic E-state index is 10.4. The van der Waals surface area contributed by atoms with Crippen LogP contribution in [0.2, 0.25) is 5.02 Å². The lowest BCUT2D eigenvalue weighted by atomic mass is 10.3. The third-order valence-corrected chi connectivity index (χ3v) is 3.95. The molecule has 0 aliphatic rings. The van der Waals surface area contributed by atoms with Crippen LogP contribution >= 0.6 is 11.6 Å². The first-order chi connectivity index (χ1) is 12.2. The molecule has 0 aliphatic carbocycles. The van der Waals surface area contributed by atoms with Crippen LogP contribution < -0.4 is 10.1 Å². The van der Waals surface area contributed by atoms with E-state index in [1.54, 1.807) is 24.3 Å². The molecule has 0 fully saturated rings. The molecule has 3 N–H and O–H groups in total. The molecular weight excluding hydrogens is 342 g/mol. The van der Waals surface area contributed by atoms with Crippen LogP contribution in [0.1, 0.15) is 0 Å². The Morgan fingerprint density at radius 3 is 2.68 bits per heavy atom. The first-order valence-corrected chi connectivity index (χ1v) is 8.41. The standard InChI is InChI=1S/C18H20ClN3O3/c19-13-5-7-15(8-6-13)25-12-14(24)11-22-17-4-2-1-3-16(17)21-18(22)20-9-10-23/h1-8,14,23-24H,9-12H2,(H,20,21). The van der Waals surface area contributed by atoms with Crippen molar-refractivity contribution in [3.8, 4) is 5.75 Å². The number of hydrogen-bond donors (Lipinski definition) is 3. The zero-order chi connectivity index (χ0) is 17.6. The number of para-hydroxylation sites is 2. The predicted octanol–water partition coefficient (Wildman–Crippen LogP) is 2.53. The van der Waals surface area contributed by atoms with Gasteiger partial charge in [-0.1, -0.05) is 23.7 Å². The number of anilines is 1. The number of aliphatic hydroxyl groups excluding tert-OH is 2. The Kier molecular flexibility index (Phi) is 5.75. The minimum Gasteiger partial charge on any atom is -0.491 e. The molecule has 1 atom stereocenters. The number of nitrogens with one attached hydrogen (secondary N) is 1. The highest BCUT2D eigenvalue weighted by Gasteiger charge is 2.14. The molecule has 0 radical (unpaired) electrons. The SMILES string of the molecule is OCCNc1nc2ccccc2n1CC(O)COc1ccc(Cl)cc1. The normalized spacial score (nSPS) is 12.3. The molecule has 0 saturated heterocycles. The van der Waals surface area contributed by atoms with Gasteiger partial charge in [-0.2, -0.15) is 0 Å². The number of rotatable bonds is 8. The van der Waals surface area contributed by atoms with Gasteiger partial charge in [-0.15, -0.1) is 0 Å². The molecule has 0 bridgehead atoms. The quantitative estimate of drug-likeness (QED) is 0.574. The van der Waals surface area contributed by atoms with Crippen LogP contribution in [-0.2, 0) is 6.54 Å². The molecule has 2 aromatic carbocycles. The number of nitrogens with zero attached hydrogens (tertiary/aromatic N) is 2. The number of fused-ring (bicyclic) bond motifs is 1. The number of aromatic nitrogens is 2. The fourth-order valence-corrected chi connectivity index (χ4v) is 2.68. The van der Waals surface area contributed by atoms with Crippen LogP contribution in [-0.4, -0.2) is 45.6 Å². The van der Waals surface area contributed by atoms with E-state index >= 15 is 0 Å². The molecule has 3 aromatic rings. The summed E-state index contributed by atoms with van der Waals surface area (Å²) in [6.07, 6.45) is -0.719. The average Bonchev–Trinajstić information content (AvgIpc) is 2.97. The lowest BCUT2D eigenvalue weighted by Crippen LogP contribution is -2.24. The molecule has 0 saturated carbocycles. The summed E-state index contributed by atoms with van der Waals surface area (Å²) < 4.78 is 7.49. The topological polar surface area (TPSA) is 79.5 Å². The van der Waals surface area contributed by atoms with Crippen molar-refractivity contribution < 1.29 is 14.9 Å². The van der Waals surface area contributed by atoms with Crippen molar-refractivity contribution in [1.29, 1.82) is 0 Å². The number of ether oxygens (including phenoxy) is 1. The third kappa shape index (κ3) is 4.42. The van der Waals surface area contributed by atoms with Gasteiger partial charge in [0.1, 0.15) is 18.5 Å². The number of aliphatic hydroxyl groups is 2. The van der Waals surface area contributed by atoms with E-state index in [9.17, 15) is 5.11 Å². The van der Waals surface area contributed by atoms with Crippen molar-refractivity contribution in [1.82, 2.24) is 9.55 Å². The van der Waals surface area contributed by atoms with Crippen molar-refractivity contribution in [2.45, 2.75) is 12.6 Å². The molecule has 1 unspecified atom stereocenters. The van der Waals surface area contributed by atoms with Gasteiger partial charge < -0.3 is 24.8 Å². The number of hydrogen-bond acceptors (Lipinski definition) is 5. The van der Waals surface area contributed by atoms with E-state index in [2.05, 4.69) is 10.3 Å². The van der Waals surface area contributed by atoms with Crippen LogP contribution in [0.25, 0.3) is 11.0 Å². The maximum absolute atomic E-state index is 10.4. The van der Waals surface area contributed by atoms with E-state index in [0.717, 1.165) is 11.0 Å². The average molecular weight is 362 g/mol. The second-order valence-corrected chi connectivity index (χ2v) is 6.04. The van der Waals surface area contributed by atoms with E-state index in [4.69, 9.17) is 21.4 Å². The first-order valence-electron chi connectivity index (χ1n) is 8.04. The van der Waals surface area contributed by atoms with E-state index < -0.39 is 6.10 Å². The van der Waals surface area contributed by atoms with Crippen LogP contribution in [0.5, 0.6) is 5.75 Å². The molecule has 0 aliphatic heterocycles. The molecule has 132 valence electrons. The largest absolute Gasteiger partial charge is 0.491 e. The lowest BCUT2D eigenvalue weighted by molar-refractivity contribution is 0.0938. The van der Waals surface area contributed by atoms with Crippen LogP contribution in [0, 0.1) is 0 Å². The summed E-state index contributed by atoms with van der Waals surface area (Å²) in [5.74, 6) is 1.26. The zero-order valence-electron chi connectivity index (χ0n) is 13.6. The Labute approximate surface area is 150 Å². The van der Waals surface area contributed by atoms with Gasteiger partial charge >= 0.3 is 0 Å². The Hall–Kier alpha value is -2.28. The van der Waals surface area contributed by atoms with Gasteiger partial charge in [0, 0.05) is 11.6 Å². The highest BCUT2D eigenvalue weighted by atomic mass is 35.5. The first kappa shape index (κ1) is 17.5. The highest BCUT2D eigenvalue weighted by molar-refractivity contribution is 6.30. The smallest absolute Gasteiger partial charge is 0.204 e. The molecule has 25 heavy (non-hydrogen) atoms. The minimum atomic E-state index is -0.719. The van der Waals surface area contributed by atoms with Crippen LogP contribution in [0.3, 0.4) is 0 Å². The van der Waals surface area contributed by atoms with Gasteiger partial charge in [0.25, 0.3) is 0 Å². The summed E-state index contributed by atoms with van der Waals surface area (Å²) in [4.78, 5) is 4.51. The Balaban J connectivity index is 1.70. The summed E-state index contributed by atoms with van der Waals surface area (Å²) >= 11 is 5.84. The Bertz CT molecular complexity index is 820. The van der Waals surface area contributed by atoms with Gasteiger partial charge in [0.15, 0.2) is 0 Å². The van der Waals surface area contributed by atoms with Gasteiger partial charge in [0.05, 0.1) is 24.2 Å². The van der Waals surface area contributed by atoms with Crippen molar-refractivity contribution in [2.75, 3.05) is 25.1 Å². The maximum Gasteiger partial charge on any atom is 0.204 e. The molecule has 0 spiro atoms. The Morgan fingerprint density at radius 2 is 1.92 bits per heavy atom. The highest BCUT2D eigenvalue weighted by Crippen LogP contribution is 2.20. The van der Waals surface area contributed by atoms with E-state index in [1.807, 2.05) is 28.8 Å². The summed E-state index contributed by atoms with van der Waals surface area (Å²) in [6, 6.07) is 14.7. The molecule has 1 aromatic heterocycles. The molecule has 0 amide bonds. The van der Waals surface area contributed by atoms with E-state index in [0.29, 0.717) is 29.8 Å². The molecule has 1 heterocycles. The van der Waals surface area contributed by atoms with Crippen LogP contribution in [0.15, 0.2) is 48.5 Å². The minimum absolute atomic E-state index is 0.00539. The lowest BCUT2D eigenvalue weighted by Gasteiger charge is -2.16. The van der Waals surface area contributed by atoms with Crippen molar-refractivity contribution >= 4 is 28.6 Å². The number of halogens is 1. The van der Waals surface area contributed by atoms with Gasteiger partial charge in [0.2, 0.25) is 5.95 Å². The summed E-state index contributed by atoms with van der Waals surface area (Å²) in [6.45, 7) is 0.863. The molecule has 3 rings (SSSR count). The summed E-state index contributed by atoms with van der Waals surface area (Å²) in [7, 11) is 0. The van der Waals surface area contributed by atoms with Gasteiger partial charge in [-0.3, -0.25) is 0 Å².